The molecule has 0 radical (unpaired) electrons. The Hall–Kier alpha value is -4.90. The van der Waals surface area contributed by atoms with Gasteiger partial charge in [0.05, 0.1) is 25.1 Å². The average Bonchev–Trinajstić information content (AvgIpc) is 2.98. The Balaban J connectivity index is 1.94. The first-order chi connectivity index (χ1) is 25.5. The number of hydrogen-bond donors (Lipinski definition) is 2. The second kappa shape index (κ2) is 17.5. The first kappa shape index (κ1) is 45.5. The van der Waals surface area contributed by atoms with Crippen molar-refractivity contribution in [2.45, 2.75) is 137 Å². The van der Waals surface area contributed by atoms with Crippen molar-refractivity contribution in [1.29, 1.82) is 0 Å². The minimum absolute atomic E-state index is 0.0229. The summed E-state index contributed by atoms with van der Waals surface area (Å²) >= 11 is 0. The molecule has 16 nitrogen and oxygen atoms in total. The molecule has 3 rings (SSSR count). The Morgan fingerprint density at radius 3 is 1.98 bits per heavy atom. The van der Waals surface area contributed by atoms with Crippen LogP contribution < -0.4 is 19.5 Å². The molecule has 0 bridgehead atoms. The number of ether oxygens (including phenoxy) is 6. The number of anilines is 1. The predicted molar refractivity (Wildman–Crippen MR) is 205 cm³/mol. The summed E-state index contributed by atoms with van der Waals surface area (Å²) in [7, 11) is -4.95. The van der Waals surface area contributed by atoms with Gasteiger partial charge in [0, 0.05) is 5.69 Å². The molecular weight excluding hydrogens is 751 g/mol. The molecule has 1 unspecified atom stereocenters. The van der Waals surface area contributed by atoms with E-state index in [0.717, 1.165) is 0 Å². The second-order valence-corrected chi connectivity index (χ2v) is 18.7. The van der Waals surface area contributed by atoms with E-state index in [2.05, 4.69) is 10.0 Å². The van der Waals surface area contributed by atoms with Crippen LogP contribution in [-0.2, 0) is 51.7 Å². The van der Waals surface area contributed by atoms with Gasteiger partial charge in [0.2, 0.25) is 0 Å². The normalized spacial score (nSPS) is 14.4. The van der Waals surface area contributed by atoms with Crippen molar-refractivity contribution in [2.24, 2.45) is 0 Å². The van der Waals surface area contributed by atoms with Gasteiger partial charge in [-0.15, -0.1) is 0 Å². The van der Waals surface area contributed by atoms with E-state index in [1.165, 1.54) is 24.3 Å². The lowest BCUT2D eigenvalue weighted by molar-refractivity contribution is -0.164. The fourth-order valence-electron chi connectivity index (χ4n) is 5.01. The Labute approximate surface area is 329 Å². The van der Waals surface area contributed by atoms with E-state index in [1.807, 2.05) is 0 Å². The number of benzene rings is 2. The van der Waals surface area contributed by atoms with Gasteiger partial charge < -0.3 is 28.4 Å². The van der Waals surface area contributed by atoms with E-state index in [0.29, 0.717) is 28.4 Å². The molecule has 56 heavy (non-hydrogen) atoms. The fourth-order valence-corrected chi connectivity index (χ4v) is 6.23. The molecule has 310 valence electrons. The molecule has 1 atom stereocenters. The lowest BCUT2D eigenvalue weighted by Crippen LogP contribution is -2.52. The zero-order chi connectivity index (χ0) is 42.4. The fraction of sp³-hybridized carbons (Fsp3) is 0.564. The quantitative estimate of drug-likeness (QED) is 0.156. The molecular formula is C39H55N3O13S. The van der Waals surface area contributed by atoms with Gasteiger partial charge in [0.15, 0.2) is 11.5 Å². The first-order valence-electron chi connectivity index (χ1n) is 18.1. The molecule has 0 saturated heterocycles. The zero-order valence-corrected chi connectivity index (χ0v) is 35.1. The van der Waals surface area contributed by atoms with Gasteiger partial charge in [-0.25, -0.2) is 14.4 Å². The molecule has 2 aromatic rings. The third-order valence-electron chi connectivity index (χ3n) is 7.02. The molecule has 1 aliphatic rings. The standard InChI is InChI=1S/C39H55N3O13S/c1-36(2,3)52-31(43)22-28(33(45)53-37(4,5)6)41-56(48,49)42(35(47)55-39(10,11)12)23-24-15-18-29-30(20-24)50-19-13-14-25-21-26(16-17-27(25)32(44)51-29)40-34(46)54-38(7,8)9/h15-18,20-21,28,41H,13-14,19,22-23H2,1-12H3,(H,40,46). The summed E-state index contributed by atoms with van der Waals surface area (Å²) in [5, 5.41) is 2.66. The minimum Gasteiger partial charge on any atom is -0.490 e. The number of carbonyl (C=O) groups excluding carboxylic acids is 5. The minimum atomic E-state index is -4.95. The van der Waals surface area contributed by atoms with Crippen LogP contribution in [0.4, 0.5) is 15.3 Å². The van der Waals surface area contributed by atoms with Gasteiger partial charge in [0.1, 0.15) is 28.4 Å². The number of nitrogens with zero attached hydrogens (tertiary/aromatic N) is 1. The highest BCUT2D eigenvalue weighted by atomic mass is 32.2. The first-order valence-corrected chi connectivity index (χ1v) is 19.5. The number of esters is 3. The van der Waals surface area contributed by atoms with Gasteiger partial charge in [-0.3, -0.25) is 14.9 Å². The van der Waals surface area contributed by atoms with Crippen LogP contribution in [0.3, 0.4) is 0 Å². The highest BCUT2D eigenvalue weighted by Crippen LogP contribution is 2.32. The van der Waals surface area contributed by atoms with Crippen LogP contribution in [0.25, 0.3) is 0 Å². The van der Waals surface area contributed by atoms with E-state index in [4.69, 9.17) is 28.4 Å². The Bertz CT molecular complexity index is 1900. The third kappa shape index (κ3) is 15.0. The van der Waals surface area contributed by atoms with Crippen LogP contribution in [0.2, 0.25) is 0 Å². The summed E-state index contributed by atoms with van der Waals surface area (Å²) in [6.07, 6.45) is -1.86. The summed E-state index contributed by atoms with van der Waals surface area (Å²) in [5.41, 5.74) is -2.32. The van der Waals surface area contributed by atoms with Gasteiger partial charge in [-0.2, -0.15) is 17.4 Å². The summed E-state index contributed by atoms with van der Waals surface area (Å²) in [6.45, 7) is 18.9. The van der Waals surface area contributed by atoms with Crippen molar-refractivity contribution in [1.82, 2.24) is 9.03 Å². The monoisotopic (exact) mass is 805 g/mol. The largest absolute Gasteiger partial charge is 0.490 e. The van der Waals surface area contributed by atoms with Crippen LogP contribution in [0.5, 0.6) is 11.5 Å². The highest BCUT2D eigenvalue weighted by molar-refractivity contribution is 7.87. The van der Waals surface area contributed by atoms with Crippen molar-refractivity contribution < 1.29 is 60.8 Å². The lowest BCUT2D eigenvalue weighted by Gasteiger charge is -2.30. The summed E-state index contributed by atoms with van der Waals surface area (Å²) in [6, 6.07) is 7.19. The van der Waals surface area contributed by atoms with Crippen molar-refractivity contribution in [3.8, 4) is 11.5 Å². The van der Waals surface area contributed by atoms with E-state index in [-0.39, 0.29) is 29.2 Å². The molecule has 0 saturated carbocycles. The highest BCUT2D eigenvalue weighted by Gasteiger charge is 2.38. The Morgan fingerprint density at radius 1 is 0.786 bits per heavy atom. The molecule has 0 spiro atoms. The number of amides is 2. The molecule has 2 N–H and O–H groups in total. The van der Waals surface area contributed by atoms with Crippen molar-refractivity contribution in [3.63, 3.8) is 0 Å². The number of hydrogen-bond acceptors (Lipinski definition) is 13. The average molecular weight is 806 g/mol. The predicted octanol–water partition coefficient (Wildman–Crippen LogP) is 6.59. The number of rotatable bonds is 9. The SMILES string of the molecule is CC(C)(C)OC(=O)CC(NS(=O)(=O)N(Cc1ccc2c(c1)OCCCc1cc(NC(=O)OC(C)(C)C)ccc1C(=O)O2)C(=O)OC(C)(C)C)C(=O)OC(C)(C)C. The van der Waals surface area contributed by atoms with E-state index >= 15 is 0 Å². The molecule has 2 amide bonds. The zero-order valence-electron chi connectivity index (χ0n) is 34.2. The smallest absolute Gasteiger partial charge is 0.425 e. The molecule has 2 aromatic carbocycles. The Kier molecular flexibility index (Phi) is 14.2. The third-order valence-corrected chi connectivity index (χ3v) is 8.46. The van der Waals surface area contributed by atoms with Crippen molar-refractivity contribution in [3.05, 3.63) is 53.1 Å². The van der Waals surface area contributed by atoms with Crippen LogP contribution in [0.1, 0.15) is 117 Å². The van der Waals surface area contributed by atoms with Crippen LogP contribution in [-0.4, -0.2) is 77.9 Å². The Morgan fingerprint density at radius 2 is 1.39 bits per heavy atom. The summed E-state index contributed by atoms with van der Waals surface area (Å²) < 4.78 is 63.7. The molecule has 17 heteroatoms. The van der Waals surface area contributed by atoms with Gasteiger partial charge >= 0.3 is 40.3 Å². The number of carbonyl (C=O) groups is 5. The van der Waals surface area contributed by atoms with E-state index in [9.17, 15) is 32.4 Å². The topological polar surface area (TPSA) is 202 Å². The number of fused-ring (bicyclic) bond motifs is 2. The maximum atomic E-state index is 14.0. The summed E-state index contributed by atoms with van der Waals surface area (Å²) in [5.74, 6) is -2.55. The van der Waals surface area contributed by atoms with Crippen LogP contribution >= 0.6 is 0 Å². The molecule has 1 heterocycles. The molecule has 1 aliphatic heterocycles. The van der Waals surface area contributed by atoms with Crippen molar-refractivity contribution >= 4 is 46.0 Å². The number of aryl methyl sites for hydroxylation is 1. The molecule has 0 aliphatic carbocycles. The second-order valence-electron chi connectivity index (χ2n) is 17.1. The number of nitrogens with one attached hydrogen (secondary N) is 2. The van der Waals surface area contributed by atoms with Crippen LogP contribution in [0, 0.1) is 0 Å². The van der Waals surface area contributed by atoms with Gasteiger partial charge in [-0.1, -0.05) is 6.07 Å². The maximum absolute atomic E-state index is 14.0. The van der Waals surface area contributed by atoms with E-state index < -0.39 is 81.7 Å². The van der Waals surface area contributed by atoms with Gasteiger partial charge in [0.25, 0.3) is 0 Å². The molecule has 0 aromatic heterocycles. The van der Waals surface area contributed by atoms with Crippen molar-refractivity contribution in [2.75, 3.05) is 11.9 Å². The summed E-state index contributed by atoms with van der Waals surface area (Å²) in [4.78, 5) is 65.3. The van der Waals surface area contributed by atoms with E-state index in [1.54, 1.807) is 95.2 Å². The maximum Gasteiger partial charge on any atom is 0.425 e. The molecule has 0 fully saturated rings. The van der Waals surface area contributed by atoms with Gasteiger partial charge in [-0.05, 0) is 137 Å². The lowest BCUT2D eigenvalue weighted by atomic mass is 10.0. The van der Waals surface area contributed by atoms with Crippen LogP contribution in [0.15, 0.2) is 36.4 Å².